The normalized spacial score (nSPS) is 22.6. The molecule has 0 saturated carbocycles. The van der Waals surface area contributed by atoms with Gasteiger partial charge in [0.25, 0.3) is 5.91 Å². The van der Waals surface area contributed by atoms with Crippen LogP contribution in [0.2, 0.25) is 5.02 Å². The molecule has 0 aromatic heterocycles. The van der Waals surface area contributed by atoms with Crippen molar-refractivity contribution in [3.63, 3.8) is 0 Å². The third-order valence-corrected chi connectivity index (χ3v) is 3.89. The van der Waals surface area contributed by atoms with Crippen LogP contribution in [0.4, 0.5) is 0 Å². The second-order valence-corrected chi connectivity index (χ2v) is 5.43. The Hall–Kier alpha value is -1.26. The van der Waals surface area contributed by atoms with Crippen molar-refractivity contribution in [1.29, 1.82) is 0 Å². The molecule has 1 aliphatic rings. The molecule has 1 amide bonds. The van der Waals surface area contributed by atoms with Crippen LogP contribution in [-0.2, 0) is 4.79 Å². The highest BCUT2D eigenvalue weighted by Crippen LogP contribution is 2.29. The first-order chi connectivity index (χ1) is 9.07. The first kappa shape index (κ1) is 14.2. The summed E-state index contributed by atoms with van der Waals surface area (Å²) in [5.74, 6) is 0.386. The van der Waals surface area contributed by atoms with Crippen molar-refractivity contribution in [2.75, 3.05) is 19.8 Å². The molecule has 0 aliphatic carbocycles. The fourth-order valence-electron chi connectivity index (χ4n) is 2.39. The van der Waals surface area contributed by atoms with Gasteiger partial charge in [-0.1, -0.05) is 23.7 Å². The summed E-state index contributed by atoms with van der Waals surface area (Å²) in [5, 5.41) is 9.91. The quantitative estimate of drug-likeness (QED) is 0.920. The molecule has 0 spiro atoms. The van der Waals surface area contributed by atoms with Crippen LogP contribution in [0, 0.1) is 0 Å². The highest BCUT2D eigenvalue weighted by Gasteiger charge is 2.39. The van der Waals surface area contributed by atoms with Crippen molar-refractivity contribution in [3.8, 4) is 5.75 Å². The monoisotopic (exact) mass is 283 g/mol. The maximum atomic E-state index is 12.2. The maximum Gasteiger partial charge on any atom is 0.261 e. The molecule has 0 radical (unpaired) electrons. The first-order valence-electron chi connectivity index (χ1n) is 6.35. The summed E-state index contributed by atoms with van der Waals surface area (Å²) in [6, 6.07) is 7.06. The summed E-state index contributed by atoms with van der Waals surface area (Å²) in [4.78, 5) is 13.8. The fourth-order valence-corrected chi connectivity index (χ4v) is 2.58. The zero-order valence-electron chi connectivity index (χ0n) is 10.9. The number of aliphatic hydroxyl groups excluding tert-OH is 1. The van der Waals surface area contributed by atoms with Crippen molar-refractivity contribution >= 4 is 17.5 Å². The third kappa shape index (κ3) is 3.01. The molecular weight excluding hydrogens is 266 g/mol. The van der Waals surface area contributed by atoms with Crippen LogP contribution in [0.5, 0.6) is 5.75 Å². The zero-order chi connectivity index (χ0) is 13.9. The van der Waals surface area contributed by atoms with E-state index in [0.29, 0.717) is 17.3 Å². The highest BCUT2D eigenvalue weighted by molar-refractivity contribution is 6.32. The van der Waals surface area contributed by atoms with Gasteiger partial charge in [0.1, 0.15) is 5.75 Å². The van der Waals surface area contributed by atoms with E-state index in [-0.39, 0.29) is 19.1 Å². The predicted molar refractivity (Wildman–Crippen MR) is 73.4 cm³/mol. The van der Waals surface area contributed by atoms with E-state index in [1.165, 1.54) is 0 Å². The van der Waals surface area contributed by atoms with Crippen LogP contribution < -0.4 is 4.74 Å². The molecule has 19 heavy (non-hydrogen) atoms. The van der Waals surface area contributed by atoms with E-state index in [1.807, 2.05) is 6.92 Å². The van der Waals surface area contributed by atoms with Crippen molar-refractivity contribution in [1.82, 2.24) is 4.90 Å². The Bertz CT molecular complexity index is 466. The van der Waals surface area contributed by atoms with Crippen molar-refractivity contribution < 1.29 is 14.6 Å². The van der Waals surface area contributed by atoms with Gasteiger partial charge in [-0.25, -0.2) is 0 Å². The van der Waals surface area contributed by atoms with Gasteiger partial charge in [-0.15, -0.1) is 0 Å². The van der Waals surface area contributed by atoms with Crippen LogP contribution in [0.25, 0.3) is 0 Å². The maximum absolute atomic E-state index is 12.2. The lowest BCUT2D eigenvalue weighted by Gasteiger charge is -2.33. The number of benzene rings is 1. The molecule has 104 valence electrons. The second kappa shape index (κ2) is 5.80. The largest absolute Gasteiger partial charge is 0.482 e. The topological polar surface area (TPSA) is 49.8 Å². The number of hydrogen-bond donors (Lipinski definition) is 1. The van der Waals surface area contributed by atoms with Crippen molar-refractivity contribution in [2.45, 2.75) is 25.3 Å². The van der Waals surface area contributed by atoms with Gasteiger partial charge in [0.15, 0.2) is 6.61 Å². The van der Waals surface area contributed by atoms with Crippen LogP contribution in [0.15, 0.2) is 24.3 Å². The standard InChI is InChI=1S/C14H18ClNO3/c1-14(10-17)7-4-8-16(14)13(18)9-19-12-6-3-2-5-11(12)15/h2-3,5-6,17H,4,7-10H2,1H3. The van der Waals surface area contributed by atoms with E-state index >= 15 is 0 Å². The van der Waals surface area contributed by atoms with Crippen LogP contribution >= 0.6 is 11.6 Å². The molecule has 2 rings (SSSR count). The number of halogens is 1. The van der Waals surface area contributed by atoms with Gasteiger partial charge < -0.3 is 14.7 Å². The number of carbonyl (C=O) groups excluding carboxylic acids is 1. The fraction of sp³-hybridized carbons (Fsp3) is 0.500. The Balaban J connectivity index is 1.97. The Morgan fingerprint density at radius 3 is 2.95 bits per heavy atom. The number of likely N-dealkylation sites (tertiary alicyclic amines) is 1. The lowest BCUT2D eigenvalue weighted by molar-refractivity contribution is -0.138. The van der Waals surface area contributed by atoms with E-state index in [0.717, 1.165) is 12.8 Å². The number of aliphatic hydroxyl groups is 1. The molecule has 1 unspecified atom stereocenters. The average molecular weight is 284 g/mol. The molecule has 1 fully saturated rings. The molecule has 1 aliphatic heterocycles. The van der Waals surface area contributed by atoms with E-state index in [9.17, 15) is 9.90 Å². The van der Waals surface area contributed by atoms with Crippen molar-refractivity contribution in [3.05, 3.63) is 29.3 Å². The van der Waals surface area contributed by atoms with Crippen molar-refractivity contribution in [2.24, 2.45) is 0 Å². The molecule has 1 aromatic carbocycles. The molecular formula is C14H18ClNO3. The molecule has 1 atom stereocenters. The summed E-state index contributed by atoms with van der Waals surface area (Å²) in [5.41, 5.74) is -0.457. The second-order valence-electron chi connectivity index (χ2n) is 5.02. The van der Waals surface area contributed by atoms with E-state index in [4.69, 9.17) is 16.3 Å². The minimum atomic E-state index is -0.457. The third-order valence-electron chi connectivity index (χ3n) is 3.58. The van der Waals surface area contributed by atoms with E-state index in [2.05, 4.69) is 0 Å². The highest BCUT2D eigenvalue weighted by atomic mass is 35.5. The number of hydrogen-bond acceptors (Lipinski definition) is 3. The Morgan fingerprint density at radius 1 is 1.53 bits per heavy atom. The van der Waals surface area contributed by atoms with E-state index < -0.39 is 5.54 Å². The smallest absolute Gasteiger partial charge is 0.261 e. The van der Waals surface area contributed by atoms with Gasteiger partial charge >= 0.3 is 0 Å². The van der Waals surface area contributed by atoms with Gasteiger partial charge in [-0.3, -0.25) is 4.79 Å². The van der Waals surface area contributed by atoms with Gasteiger partial charge in [0.2, 0.25) is 0 Å². The number of ether oxygens (including phenoxy) is 1. The lowest BCUT2D eigenvalue weighted by Crippen LogP contribution is -2.49. The summed E-state index contributed by atoms with van der Waals surface area (Å²) in [6.07, 6.45) is 1.73. The van der Waals surface area contributed by atoms with Gasteiger partial charge in [-0.05, 0) is 31.9 Å². The average Bonchev–Trinajstić information content (AvgIpc) is 2.80. The molecule has 1 heterocycles. The molecule has 1 aromatic rings. The Morgan fingerprint density at radius 2 is 2.26 bits per heavy atom. The first-order valence-corrected chi connectivity index (χ1v) is 6.73. The SMILES string of the molecule is CC1(CO)CCCN1C(=O)COc1ccccc1Cl. The van der Waals surface area contributed by atoms with Crippen LogP contribution in [0.3, 0.4) is 0 Å². The molecule has 1 saturated heterocycles. The minimum absolute atomic E-state index is 0.0230. The van der Waals surface area contributed by atoms with E-state index in [1.54, 1.807) is 29.2 Å². The number of nitrogens with zero attached hydrogens (tertiary/aromatic N) is 1. The number of rotatable bonds is 4. The predicted octanol–water partition coefficient (Wildman–Crippen LogP) is 2.09. The minimum Gasteiger partial charge on any atom is -0.482 e. The Labute approximate surface area is 117 Å². The lowest BCUT2D eigenvalue weighted by atomic mass is 10.0. The number of para-hydroxylation sites is 1. The summed E-state index contributed by atoms with van der Waals surface area (Å²) >= 11 is 5.96. The number of amides is 1. The molecule has 4 nitrogen and oxygen atoms in total. The Kier molecular flexibility index (Phi) is 4.32. The zero-order valence-corrected chi connectivity index (χ0v) is 11.7. The van der Waals surface area contributed by atoms with Crippen LogP contribution in [0.1, 0.15) is 19.8 Å². The van der Waals surface area contributed by atoms with Gasteiger partial charge in [-0.2, -0.15) is 0 Å². The van der Waals surface area contributed by atoms with Gasteiger partial charge in [0, 0.05) is 6.54 Å². The summed E-state index contributed by atoms with van der Waals surface area (Å²) < 4.78 is 5.44. The molecule has 0 bridgehead atoms. The summed E-state index contributed by atoms with van der Waals surface area (Å²) in [6.45, 7) is 2.49. The van der Waals surface area contributed by atoms with Crippen LogP contribution in [-0.4, -0.2) is 41.2 Å². The molecule has 5 heteroatoms. The summed E-state index contributed by atoms with van der Waals surface area (Å²) in [7, 11) is 0. The molecule has 1 N–H and O–H groups in total. The number of carbonyl (C=O) groups is 1. The van der Waals surface area contributed by atoms with Gasteiger partial charge in [0.05, 0.1) is 17.2 Å².